The molecule has 0 saturated heterocycles. The largest absolute Gasteiger partial charge is 0.383 e. The van der Waals surface area contributed by atoms with Crippen molar-refractivity contribution in [2.75, 3.05) is 5.73 Å². The zero-order valence-corrected chi connectivity index (χ0v) is 10.2. The van der Waals surface area contributed by atoms with Crippen molar-refractivity contribution in [3.05, 3.63) is 45.6 Å². The van der Waals surface area contributed by atoms with E-state index in [0.717, 1.165) is 36.1 Å². The average molecular weight is 256 g/mol. The summed E-state index contributed by atoms with van der Waals surface area (Å²) in [6.45, 7) is 0. The second-order valence-corrected chi connectivity index (χ2v) is 4.52. The van der Waals surface area contributed by atoms with Crippen LogP contribution in [0.5, 0.6) is 0 Å². The van der Waals surface area contributed by atoms with Gasteiger partial charge in [0, 0.05) is 29.0 Å². The first-order valence-electron chi connectivity index (χ1n) is 6.05. The number of nitrogens with two attached hydrogens (primary N) is 1. The third-order valence-corrected chi connectivity index (χ3v) is 3.30. The van der Waals surface area contributed by atoms with Gasteiger partial charge >= 0.3 is 0 Å². The SMILES string of the molecule is Nc1nc(-c2ccc([N+](=O)[O-])cc2)nc2c1CCC2. The Bertz CT molecular complexity index is 652. The Morgan fingerprint density at radius 2 is 1.89 bits per heavy atom. The Hall–Kier alpha value is -2.50. The highest BCUT2D eigenvalue weighted by molar-refractivity contribution is 5.61. The van der Waals surface area contributed by atoms with Gasteiger partial charge in [0.05, 0.1) is 4.92 Å². The van der Waals surface area contributed by atoms with Gasteiger partial charge in [0.2, 0.25) is 0 Å². The van der Waals surface area contributed by atoms with Gasteiger partial charge in [-0.3, -0.25) is 10.1 Å². The fourth-order valence-corrected chi connectivity index (χ4v) is 2.32. The van der Waals surface area contributed by atoms with Crippen LogP contribution in [0.4, 0.5) is 11.5 Å². The van der Waals surface area contributed by atoms with Crippen molar-refractivity contribution in [3.8, 4) is 11.4 Å². The van der Waals surface area contributed by atoms with Crippen LogP contribution in [0.3, 0.4) is 0 Å². The van der Waals surface area contributed by atoms with Gasteiger partial charge in [-0.2, -0.15) is 0 Å². The van der Waals surface area contributed by atoms with Gasteiger partial charge in [-0.25, -0.2) is 9.97 Å². The number of rotatable bonds is 2. The molecule has 0 unspecified atom stereocenters. The molecule has 3 rings (SSSR count). The molecule has 2 aromatic rings. The summed E-state index contributed by atoms with van der Waals surface area (Å²) in [5, 5.41) is 10.6. The molecule has 0 saturated carbocycles. The van der Waals surface area contributed by atoms with Crippen LogP contribution in [0.2, 0.25) is 0 Å². The van der Waals surface area contributed by atoms with E-state index in [0.29, 0.717) is 11.6 Å². The molecular weight excluding hydrogens is 244 g/mol. The highest BCUT2D eigenvalue weighted by Gasteiger charge is 2.18. The number of benzene rings is 1. The Morgan fingerprint density at radius 3 is 2.58 bits per heavy atom. The fraction of sp³-hybridized carbons (Fsp3) is 0.231. The van der Waals surface area contributed by atoms with Crippen molar-refractivity contribution in [2.45, 2.75) is 19.3 Å². The molecule has 6 heteroatoms. The van der Waals surface area contributed by atoms with Crippen LogP contribution < -0.4 is 5.73 Å². The van der Waals surface area contributed by atoms with Crippen molar-refractivity contribution in [2.24, 2.45) is 0 Å². The van der Waals surface area contributed by atoms with Gasteiger partial charge in [0.1, 0.15) is 5.82 Å². The standard InChI is InChI=1S/C13H12N4O2/c14-12-10-2-1-3-11(10)15-13(16-12)8-4-6-9(7-5-8)17(18)19/h4-7H,1-3H2,(H2,14,15,16). The summed E-state index contributed by atoms with van der Waals surface area (Å²) >= 11 is 0. The zero-order valence-electron chi connectivity index (χ0n) is 10.2. The molecule has 0 bridgehead atoms. The highest BCUT2D eigenvalue weighted by Crippen LogP contribution is 2.28. The molecule has 1 heterocycles. The lowest BCUT2D eigenvalue weighted by Crippen LogP contribution is -2.02. The number of hydrogen-bond acceptors (Lipinski definition) is 5. The van der Waals surface area contributed by atoms with Crippen LogP contribution in [0.25, 0.3) is 11.4 Å². The smallest absolute Gasteiger partial charge is 0.269 e. The molecule has 1 aliphatic rings. The second-order valence-electron chi connectivity index (χ2n) is 4.52. The molecule has 0 radical (unpaired) electrons. The molecule has 0 amide bonds. The maximum Gasteiger partial charge on any atom is 0.269 e. The molecule has 0 spiro atoms. The van der Waals surface area contributed by atoms with Gasteiger partial charge in [0.25, 0.3) is 5.69 Å². The number of nitro groups is 1. The third kappa shape index (κ3) is 2.01. The molecule has 2 N–H and O–H groups in total. The van der Waals surface area contributed by atoms with E-state index in [1.807, 2.05) is 0 Å². The predicted molar refractivity (Wildman–Crippen MR) is 70.6 cm³/mol. The van der Waals surface area contributed by atoms with Crippen molar-refractivity contribution in [1.82, 2.24) is 9.97 Å². The molecule has 0 atom stereocenters. The monoisotopic (exact) mass is 256 g/mol. The van der Waals surface area contributed by atoms with Crippen LogP contribution in [0, 0.1) is 10.1 Å². The molecule has 1 aliphatic carbocycles. The second kappa shape index (κ2) is 4.31. The number of hydrogen-bond donors (Lipinski definition) is 1. The molecule has 0 fully saturated rings. The number of fused-ring (bicyclic) bond motifs is 1. The van der Waals surface area contributed by atoms with E-state index in [2.05, 4.69) is 9.97 Å². The summed E-state index contributed by atoms with van der Waals surface area (Å²) in [4.78, 5) is 19.0. The van der Waals surface area contributed by atoms with E-state index in [9.17, 15) is 10.1 Å². The normalized spacial score (nSPS) is 13.3. The Kier molecular flexibility index (Phi) is 2.63. The minimum Gasteiger partial charge on any atom is -0.383 e. The maximum atomic E-state index is 10.6. The Balaban J connectivity index is 2.02. The van der Waals surface area contributed by atoms with E-state index < -0.39 is 4.92 Å². The summed E-state index contributed by atoms with van der Waals surface area (Å²) < 4.78 is 0. The first-order valence-corrected chi connectivity index (χ1v) is 6.05. The van der Waals surface area contributed by atoms with Crippen LogP contribution in [0.15, 0.2) is 24.3 Å². The maximum absolute atomic E-state index is 10.6. The first-order chi connectivity index (χ1) is 9.15. The number of non-ortho nitro benzene ring substituents is 1. The number of nitrogen functional groups attached to an aromatic ring is 1. The van der Waals surface area contributed by atoms with Gasteiger partial charge in [-0.05, 0) is 31.4 Å². The number of nitro benzene ring substituents is 1. The molecule has 1 aromatic carbocycles. The summed E-state index contributed by atoms with van der Waals surface area (Å²) in [6.07, 6.45) is 2.90. The van der Waals surface area contributed by atoms with Gasteiger partial charge in [-0.1, -0.05) is 0 Å². The van der Waals surface area contributed by atoms with Gasteiger partial charge in [0.15, 0.2) is 5.82 Å². The summed E-state index contributed by atoms with van der Waals surface area (Å²) in [5.41, 5.74) is 8.77. The minimum atomic E-state index is -0.429. The Morgan fingerprint density at radius 1 is 1.16 bits per heavy atom. The molecule has 6 nitrogen and oxygen atoms in total. The number of anilines is 1. The van der Waals surface area contributed by atoms with Crippen LogP contribution >= 0.6 is 0 Å². The average Bonchev–Trinajstić information content (AvgIpc) is 2.87. The van der Waals surface area contributed by atoms with Crippen molar-refractivity contribution in [1.29, 1.82) is 0 Å². The van der Waals surface area contributed by atoms with Crippen molar-refractivity contribution >= 4 is 11.5 Å². The number of nitrogens with zero attached hydrogens (tertiary/aromatic N) is 3. The highest BCUT2D eigenvalue weighted by atomic mass is 16.6. The van der Waals surface area contributed by atoms with Crippen LogP contribution in [-0.2, 0) is 12.8 Å². The summed E-state index contributed by atoms with van der Waals surface area (Å²) in [6, 6.07) is 6.19. The topological polar surface area (TPSA) is 94.9 Å². The molecule has 19 heavy (non-hydrogen) atoms. The van der Waals surface area contributed by atoms with E-state index >= 15 is 0 Å². The van der Waals surface area contributed by atoms with E-state index in [1.165, 1.54) is 12.1 Å². The Labute approximate surface area is 109 Å². The minimum absolute atomic E-state index is 0.0536. The van der Waals surface area contributed by atoms with Crippen LogP contribution in [0.1, 0.15) is 17.7 Å². The zero-order chi connectivity index (χ0) is 13.4. The number of aryl methyl sites for hydroxylation is 1. The molecule has 1 aromatic heterocycles. The predicted octanol–water partition coefficient (Wildman–Crippen LogP) is 2.12. The van der Waals surface area contributed by atoms with Crippen molar-refractivity contribution in [3.63, 3.8) is 0 Å². The van der Waals surface area contributed by atoms with Crippen LogP contribution in [-0.4, -0.2) is 14.9 Å². The lowest BCUT2D eigenvalue weighted by atomic mass is 10.1. The lowest BCUT2D eigenvalue weighted by Gasteiger charge is -2.06. The third-order valence-electron chi connectivity index (χ3n) is 3.30. The fourth-order valence-electron chi connectivity index (χ4n) is 2.32. The molecular formula is C13H12N4O2. The molecule has 0 aliphatic heterocycles. The summed E-state index contributed by atoms with van der Waals surface area (Å²) in [5.74, 6) is 1.06. The van der Waals surface area contributed by atoms with E-state index in [-0.39, 0.29) is 5.69 Å². The van der Waals surface area contributed by atoms with Gasteiger partial charge < -0.3 is 5.73 Å². The van der Waals surface area contributed by atoms with Gasteiger partial charge in [-0.15, -0.1) is 0 Å². The van der Waals surface area contributed by atoms with Crippen molar-refractivity contribution < 1.29 is 4.92 Å². The van der Waals surface area contributed by atoms with E-state index in [1.54, 1.807) is 12.1 Å². The first kappa shape index (κ1) is 11.6. The number of aromatic nitrogens is 2. The quantitative estimate of drug-likeness (QED) is 0.656. The summed E-state index contributed by atoms with van der Waals surface area (Å²) in [7, 11) is 0. The van der Waals surface area contributed by atoms with E-state index in [4.69, 9.17) is 5.73 Å². The lowest BCUT2D eigenvalue weighted by molar-refractivity contribution is -0.384. The molecule has 96 valence electrons.